The van der Waals surface area contributed by atoms with E-state index in [1.807, 2.05) is 6.08 Å². The summed E-state index contributed by atoms with van der Waals surface area (Å²) in [5.74, 6) is -1.06. The minimum absolute atomic E-state index is 0.0910. The van der Waals surface area contributed by atoms with Crippen LogP contribution >= 0.6 is 0 Å². The van der Waals surface area contributed by atoms with Crippen LogP contribution in [0.3, 0.4) is 0 Å². The smallest absolute Gasteiger partial charge is 0.310 e. The minimum Gasteiger partial charge on any atom is -0.462 e. The zero-order chi connectivity index (χ0) is 57.1. The summed E-state index contributed by atoms with van der Waals surface area (Å²) in [4.78, 5) is 38.2. The molecule has 0 aromatic heterocycles. The number of unbranched alkanes of at least 4 members (excludes halogenated alkanes) is 26. The number of ether oxygens (including phenoxy) is 3. The molecule has 6 nitrogen and oxygen atoms in total. The highest BCUT2D eigenvalue weighted by atomic mass is 16.6. The van der Waals surface area contributed by atoms with Gasteiger partial charge < -0.3 is 14.2 Å². The summed E-state index contributed by atoms with van der Waals surface area (Å²) in [5, 5.41) is 0. The minimum atomic E-state index is -0.842. The highest BCUT2D eigenvalue weighted by Crippen LogP contribution is 2.16. The van der Waals surface area contributed by atoms with Crippen molar-refractivity contribution in [3.8, 4) is 0 Å². The molecule has 0 saturated carbocycles. The zero-order valence-electron chi connectivity index (χ0n) is 51.3. The van der Waals surface area contributed by atoms with Gasteiger partial charge in [0.1, 0.15) is 13.2 Å². The summed E-state index contributed by atoms with van der Waals surface area (Å²) < 4.78 is 16.8. The predicted octanol–water partition coefficient (Wildman–Crippen LogP) is 22.5. The van der Waals surface area contributed by atoms with Crippen LogP contribution in [0.25, 0.3) is 0 Å². The van der Waals surface area contributed by atoms with Gasteiger partial charge in [0.25, 0.3) is 0 Å². The van der Waals surface area contributed by atoms with E-state index in [2.05, 4.69) is 142 Å². The monoisotopic (exact) mass is 1090 g/mol. The Morgan fingerprint density at radius 1 is 0.278 bits per heavy atom. The van der Waals surface area contributed by atoms with E-state index in [0.717, 1.165) is 116 Å². The van der Waals surface area contributed by atoms with Crippen LogP contribution in [0.1, 0.15) is 290 Å². The second kappa shape index (κ2) is 66.1. The fraction of sp³-hybridized carbons (Fsp3) is 0.658. The molecule has 6 heteroatoms. The molecule has 0 heterocycles. The largest absolute Gasteiger partial charge is 0.462 e. The Kier molecular flexibility index (Phi) is 62.3. The third-order valence-electron chi connectivity index (χ3n) is 13.7. The Hall–Kier alpha value is -4.45. The molecule has 0 saturated heterocycles. The van der Waals surface area contributed by atoms with Crippen molar-refractivity contribution in [2.75, 3.05) is 13.2 Å². The number of rotatable bonds is 58. The van der Waals surface area contributed by atoms with E-state index in [4.69, 9.17) is 14.2 Å². The van der Waals surface area contributed by atoms with Gasteiger partial charge in [-0.1, -0.05) is 289 Å². The number of esters is 3. The van der Waals surface area contributed by atoms with Crippen LogP contribution in [0, 0.1) is 0 Å². The maximum Gasteiger partial charge on any atom is 0.310 e. The lowest BCUT2D eigenvalue weighted by Crippen LogP contribution is -2.30. The van der Waals surface area contributed by atoms with Crippen molar-refractivity contribution in [2.24, 2.45) is 0 Å². The van der Waals surface area contributed by atoms with Crippen LogP contribution in [0.5, 0.6) is 0 Å². The molecule has 0 amide bonds. The fourth-order valence-electron chi connectivity index (χ4n) is 8.83. The predicted molar refractivity (Wildman–Crippen MR) is 343 cm³/mol. The van der Waals surface area contributed by atoms with Crippen molar-refractivity contribution in [1.29, 1.82) is 0 Å². The normalized spacial score (nSPS) is 13.0. The second-order valence-corrected chi connectivity index (χ2v) is 21.3. The molecule has 0 aliphatic rings. The Labute approximate surface area is 487 Å². The van der Waals surface area contributed by atoms with Crippen LogP contribution < -0.4 is 0 Å². The van der Waals surface area contributed by atoms with Crippen LogP contribution in [-0.4, -0.2) is 37.2 Å². The Morgan fingerprint density at radius 2 is 0.532 bits per heavy atom. The van der Waals surface area contributed by atoms with Crippen molar-refractivity contribution in [1.82, 2.24) is 0 Å². The molecule has 0 spiro atoms. The van der Waals surface area contributed by atoms with Crippen molar-refractivity contribution in [3.05, 3.63) is 134 Å². The van der Waals surface area contributed by atoms with Gasteiger partial charge in [0, 0.05) is 12.8 Å². The first-order valence-electron chi connectivity index (χ1n) is 32.7. The molecular weight excluding hydrogens is 973 g/mol. The van der Waals surface area contributed by atoms with Crippen molar-refractivity contribution < 1.29 is 28.6 Å². The zero-order valence-corrected chi connectivity index (χ0v) is 51.3. The lowest BCUT2D eigenvalue weighted by Gasteiger charge is -2.18. The summed E-state index contributed by atoms with van der Waals surface area (Å²) in [6, 6.07) is 0. The maximum absolute atomic E-state index is 12.8. The van der Waals surface area contributed by atoms with Gasteiger partial charge in [-0.2, -0.15) is 0 Å². The Morgan fingerprint density at radius 3 is 0.835 bits per heavy atom. The lowest BCUT2D eigenvalue weighted by molar-refractivity contribution is -0.166. The quantitative estimate of drug-likeness (QED) is 0.0261. The summed E-state index contributed by atoms with van der Waals surface area (Å²) in [5.41, 5.74) is 0. The van der Waals surface area contributed by atoms with Gasteiger partial charge >= 0.3 is 17.9 Å². The number of hydrogen-bond acceptors (Lipinski definition) is 6. The van der Waals surface area contributed by atoms with Crippen molar-refractivity contribution >= 4 is 17.9 Å². The van der Waals surface area contributed by atoms with Crippen LogP contribution in [0.4, 0.5) is 0 Å². The number of carbonyl (C=O) groups is 3. The number of carbonyl (C=O) groups excluding carboxylic acids is 3. The molecule has 0 aliphatic carbocycles. The maximum atomic E-state index is 12.8. The van der Waals surface area contributed by atoms with Gasteiger partial charge in [-0.3, -0.25) is 14.4 Å². The lowest BCUT2D eigenvalue weighted by atomic mass is 10.0. The number of allylic oxidation sites excluding steroid dienone is 21. The average Bonchev–Trinajstić information content (AvgIpc) is 3.45. The standard InChI is InChI=1S/C73H120O6/c1-4-7-10-13-16-19-22-25-28-29-30-31-32-33-34-35-36-37-38-39-40-41-42-43-46-48-51-54-57-60-63-66-72(75)78-69-70(79-73(76)67-64-61-58-55-52-49-45-27-24-21-18-15-12-9-6-3)68-77-71(74)65-62-59-56-53-50-47-44-26-23-20-17-14-11-8-5-2/h7,9-10,12,16-21,25-28,30-31,44-45,52,55,61,64,70H,4-6,8,11,13-15,22-24,29,32-43,46-51,53-54,56-60,62-63,65-69H2,1-3H3/b10-7-,12-9-,19-16-,20-17-,21-18-,28-25-,31-30-,44-26-,45-27-,55-52-,64-61-. The third-order valence-corrected chi connectivity index (χ3v) is 13.7. The number of hydrogen-bond donors (Lipinski definition) is 0. The van der Waals surface area contributed by atoms with E-state index in [0.29, 0.717) is 19.3 Å². The summed E-state index contributed by atoms with van der Waals surface area (Å²) in [7, 11) is 0. The molecule has 0 bridgehead atoms. The SMILES string of the molecule is CC/C=C\C/C=C\C/C=C\C/C=C\C/C=C\CC(=O)OC(COC(=O)CCCCCCC/C=C\C/C=C\CCCCC)COC(=O)CCCCCCCCCCCCCCCCCCCC/C=C\C/C=C\C/C=C\C/C=C\CC. The van der Waals surface area contributed by atoms with Gasteiger partial charge in [0.2, 0.25) is 0 Å². The van der Waals surface area contributed by atoms with Crippen LogP contribution in [0.15, 0.2) is 134 Å². The average molecular weight is 1090 g/mol. The molecule has 0 N–H and O–H groups in total. The van der Waals surface area contributed by atoms with Crippen molar-refractivity contribution in [3.63, 3.8) is 0 Å². The van der Waals surface area contributed by atoms with Gasteiger partial charge in [-0.15, -0.1) is 0 Å². The van der Waals surface area contributed by atoms with E-state index >= 15 is 0 Å². The first-order valence-corrected chi connectivity index (χ1v) is 32.7. The first-order chi connectivity index (χ1) is 39.0. The van der Waals surface area contributed by atoms with E-state index in [-0.39, 0.29) is 31.6 Å². The topological polar surface area (TPSA) is 78.9 Å². The highest BCUT2D eigenvalue weighted by Gasteiger charge is 2.19. The molecule has 1 unspecified atom stereocenters. The van der Waals surface area contributed by atoms with E-state index < -0.39 is 12.1 Å². The van der Waals surface area contributed by atoms with Gasteiger partial charge in [0.05, 0.1) is 6.42 Å². The Bertz CT molecular complexity index is 1680. The first kappa shape index (κ1) is 74.5. The Balaban J connectivity index is 4.28. The molecule has 448 valence electrons. The second-order valence-electron chi connectivity index (χ2n) is 21.3. The summed E-state index contributed by atoms with van der Waals surface area (Å²) in [6.07, 6.45) is 93.6. The summed E-state index contributed by atoms with van der Waals surface area (Å²) >= 11 is 0. The summed E-state index contributed by atoms with van der Waals surface area (Å²) in [6.45, 7) is 6.30. The van der Waals surface area contributed by atoms with E-state index in [1.54, 1.807) is 6.08 Å². The molecule has 0 aromatic rings. The third kappa shape index (κ3) is 64.3. The van der Waals surface area contributed by atoms with Gasteiger partial charge in [0.15, 0.2) is 6.10 Å². The molecular formula is C73H120O6. The fourth-order valence-corrected chi connectivity index (χ4v) is 8.83. The molecule has 79 heavy (non-hydrogen) atoms. The van der Waals surface area contributed by atoms with Gasteiger partial charge in [-0.25, -0.2) is 0 Å². The molecule has 1 atom stereocenters. The molecule has 0 fully saturated rings. The molecule has 0 radical (unpaired) electrons. The molecule has 0 aromatic carbocycles. The van der Waals surface area contributed by atoms with Crippen molar-refractivity contribution in [2.45, 2.75) is 297 Å². The van der Waals surface area contributed by atoms with Crippen LogP contribution in [0.2, 0.25) is 0 Å². The molecule has 0 aliphatic heterocycles. The van der Waals surface area contributed by atoms with E-state index in [9.17, 15) is 14.4 Å². The molecule has 0 rings (SSSR count). The van der Waals surface area contributed by atoms with Gasteiger partial charge in [-0.05, 0) is 116 Å². The highest BCUT2D eigenvalue weighted by molar-refractivity contribution is 5.72. The van der Waals surface area contributed by atoms with Crippen LogP contribution in [-0.2, 0) is 28.6 Å². The van der Waals surface area contributed by atoms with E-state index in [1.165, 1.54) is 128 Å².